The molecular formula is C10H7F3N2O2. The molecule has 17 heavy (non-hydrogen) atoms. The van der Waals surface area contributed by atoms with Crippen LogP contribution in [0.25, 0.3) is 0 Å². The maximum atomic E-state index is 12.0. The highest BCUT2D eigenvalue weighted by Crippen LogP contribution is 2.27. The van der Waals surface area contributed by atoms with Crippen molar-refractivity contribution in [2.45, 2.75) is 6.18 Å². The standard InChI is InChI=1S/C10H7F3N2O2/c1-17-8-4-6(5-14)2-3-7(8)15-9(16)10(11,12)13/h2-4H,1H3,(H,15,16). The number of benzene rings is 1. The number of amides is 1. The molecule has 0 unspecified atom stereocenters. The highest BCUT2D eigenvalue weighted by molar-refractivity contribution is 5.96. The lowest BCUT2D eigenvalue weighted by molar-refractivity contribution is -0.167. The first kappa shape index (κ1) is 12.8. The van der Waals surface area contributed by atoms with Crippen molar-refractivity contribution in [3.8, 4) is 11.8 Å². The monoisotopic (exact) mass is 244 g/mol. The van der Waals surface area contributed by atoms with E-state index in [2.05, 4.69) is 0 Å². The van der Waals surface area contributed by atoms with Gasteiger partial charge in [-0.05, 0) is 12.1 Å². The van der Waals surface area contributed by atoms with Crippen LogP contribution in [0.5, 0.6) is 5.75 Å². The van der Waals surface area contributed by atoms with Crippen molar-refractivity contribution in [1.29, 1.82) is 5.26 Å². The Morgan fingerprint density at radius 2 is 2.12 bits per heavy atom. The zero-order valence-electron chi connectivity index (χ0n) is 8.63. The summed E-state index contributed by atoms with van der Waals surface area (Å²) in [4.78, 5) is 10.7. The number of carbonyl (C=O) groups excluding carboxylic acids is 1. The Morgan fingerprint density at radius 3 is 2.59 bits per heavy atom. The van der Waals surface area contributed by atoms with Gasteiger partial charge in [0.25, 0.3) is 0 Å². The highest BCUT2D eigenvalue weighted by atomic mass is 19.4. The molecule has 1 aromatic carbocycles. The van der Waals surface area contributed by atoms with Gasteiger partial charge >= 0.3 is 12.1 Å². The Hall–Kier alpha value is -2.23. The van der Waals surface area contributed by atoms with Crippen LogP contribution in [0, 0.1) is 11.3 Å². The molecule has 0 aliphatic heterocycles. The molecule has 0 fully saturated rings. The van der Waals surface area contributed by atoms with Gasteiger partial charge in [0.15, 0.2) is 0 Å². The van der Waals surface area contributed by atoms with E-state index in [1.165, 1.54) is 25.3 Å². The molecule has 0 bridgehead atoms. The van der Waals surface area contributed by atoms with E-state index < -0.39 is 12.1 Å². The third-order valence-corrected chi connectivity index (χ3v) is 1.84. The van der Waals surface area contributed by atoms with Gasteiger partial charge < -0.3 is 10.1 Å². The van der Waals surface area contributed by atoms with Crippen molar-refractivity contribution in [1.82, 2.24) is 0 Å². The van der Waals surface area contributed by atoms with Gasteiger partial charge in [0, 0.05) is 6.07 Å². The average Bonchev–Trinajstić information content (AvgIpc) is 2.28. The SMILES string of the molecule is COc1cc(C#N)ccc1NC(=O)C(F)(F)F. The van der Waals surface area contributed by atoms with Gasteiger partial charge in [-0.1, -0.05) is 0 Å². The molecule has 0 saturated carbocycles. The van der Waals surface area contributed by atoms with E-state index >= 15 is 0 Å². The van der Waals surface area contributed by atoms with Crippen LogP contribution in [0.4, 0.5) is 18.9 Å². The second-order valence-electron chi connectivity index (χ2n) is 2.98. The number of rotatable bonds is 2. The second-order valence-corrected chi connectivity index (χ2v) is 2.98. The second kappa shape index (κ2) is 4.74. The molecule has 1 aromatic rings. The van der Waals surface area contributed by atoms with Gasteiger partial charge in [-0.2, -0.15) is 18.4 Å². The smallest absolute Gasteiger partial charge is 0.471 e. The predicted molar refractivity (Wildman–Crippen MR) is 52.4 cm³/mol. The van der Waals surface area contributed by atoms with E-state index in [0.29, 0.717) is 0 Å². The molecule has 7 heteroatoms. The first-order chi connectivity index (χ1) is 7.88. The number of hydrogen-bond acceptors (Lipinski definition) is 3. The van der Waals surface area contributed by atoms with Crippen LogP contribution >= 0.6 is 0 Å². The van der Waals surface area contributed by atoms with E-state index in [-0.39, 0.29) is 17.0 Å². The Bertz CT molecular complexity index is 477. The molecule has 1 N–H and O–H groups in total. The molecule has 0 aliphatic rings. The molecule has 0 radical (unpaired) electrons. The lowest BCUT2D eigenvalue weighted by Gasteiger charge is -2.11. The van der Waals surface area contributed by atoms with Gasteiger partial charge in [-0.15, -0.1) is 0 Å². The van der Waals surface area contributed by atoms with Crippen LogP contribution in [-0.2, 0) is 4.79 Å². The summed E-state index contributed by atoms with van der Waals surface area (Å²) in [6, 6.07) is 5.47. The number of anilines is 1. The van der Waals surface area contributed by atoms with Crippen molar-refractivity contribution < 1.29 is 22.7 Å². The average molecular weight is 244 g/mol. The van der Waals surface area contributed by atoms with Gasteiger partial charge in [-0.25, -0.2) is 0 Å². The Labute approximate surface area is 94.6 Å². The van der Waals surface area contributed by atoms with E-state index in [1.54, 1.807) is 11.4 Å². The third kappa shape index (κ3) is 3.11. The lowest BCUT2D eigenvalue weighted by Crippen LogP contribution is -2.30. The summed E-state index contributed by atoms with van der Waals surface area (Å²) in [5.74, 6) is -2.11. The molecule has 0 aliphatic carbocycles. The summed E-state index contributed by atoms with van der Waals surface area (Å²) in [6.45, 7) is 0. The molecule has 0 heterocycles. The molecular weight excluding hydrogens is 237 g/mol. The van der Waals surface area contributed by atoms with Crippen LogP contribution in [0.3, 0.4) is 0 Å². The summed E-state index contributed by atoms with van der Waals surface area (Å²) in [6.07, 6.45) is -4.97. The fourth-order valence-electron chi connectivity index (χ4n) is 1.06. The zero-order valence-corrected chi connectivity index (χ0v) is 8.63. The fourth-order valence-corrected chi connectivity index (χ4v) is 1.06. The molecule has 1 amide bonds. The highest BCUT2D eigenvalue weighted by Gasteiger charge is 2.39. The summed E-state index contributed by atoms with van der Waals surface area (Å²) < 4.78 is 40.8. The van der Waals surface area contributed by atoms with E-state index in [0.717, 1.165) is 0 Å². The minimum absolute atomic E-state index is 0.0124. The van der Waals surface area contributed by atoms with Gasteiger partial charge in [-0.3, -0.25) is 4.79 Å². The van der Waals surface area contributed by atoms with Crippen LogP contribution < -0.4 is 10.1 Å². The number of alkyl halides is 3. The largest absolute Gasteiger partial charge is 0.495 e. The fraction of sp³-hybridized carbons (Fsp3) is 0.200. The first-order valence-corrected chi connectivity index (χ1v) is 4.35. The summed E-state index contributed by atoms with van der Waals surface area (Å²) >= 11 is 0. The number of nitriles is 1. The van der Waals surface area contributed by atoms with E-state index in [9.17, 15) is 18.0 Å². The van der Waals surface area contributed by atoms with Gasteiger partial charge in [0.05, 0.1) is 24.4 Å². The molecule has 0 aromatic heterocycles. The number of methoxy groups -OCH3 is 1. The molecule has 1 rings (SSSR count). The molecule has 0 saturated heterocycles. The van der Waals surface area contributed by atoms with Crippen LogP contribution in [0.1, 0.15) is 5.56 Å². The van der Waals surface area contributed by atoms with Gasteiger partial charge in [0.2, 0.25) is 0 Å². The summed E-state index contributed by atoms with van der Waals surface area (Å²) in [5, 5.41) is 10.2. The van der Waals surface area contributed by atoms with Gasteiger partial charge in [0.1, 0.15) is 5.75 Å². The number of nitrogens with zero attached hydrogens (tertiary/aromatic N) is 1. The third-order valence-electron chi connectivity index (χ3n) is 1.84. The topological polar surface area (TPSA) is 62.1 Å². The normalized spacial score (nSPS) is 10.5. The van der Waals surface area contributed by atoms with E-state index in [1.807, 2.05) is 0 Å². The van der Waals surface area contributed by atoms with Crippen molar-refractivity contribution in [2.24, 2.45) is 0 Å². The summed E-state index contributed by atoms with van der Waals surface area (Å²) in [7, 11) is 1.22. The minimum atomic E-state index is -4.97. The molecule has 4 nitrogen and oxygen atoms in total. The van der Waals surface area contributed by atoms with Crippen LogP contribution in [0.2, 0.25) is 0 Å². The number of carbonyl (C=O) groups is 1. The quantitative estimate of drug-likeness (QED) is 0.866. The van der Waals surface area contributed by atoms with Crippen LogP contribution in [0.15, 0.2) is 18.2 Å². The Morgan fingerprint density at radius 1 is 1.47 bits per heavy atom. The molecule has 90 valence electrons. The number of ether oxygens (including phenoxy) is 1. The Balaban J connectivity index is 3.00. The minimum Gasteiger partial charge on any atom is -0.495 e. The predicted octanol–water partition coefficient (Wildman–Crippen LogP) is 2.07. The number of hydrogen-bond donors (Lipinski definition) is 1. The van der Waals surface area contributed by atoms with Crippen molar-refractivity contribution in [3.63, 3.8) is 0 Å². The maximum absolute atomic E-state index is 12.0. The summed E-state index contributed by atoms with van der Waals surface area (Å²) in [5.41, 5.74) is 0.0701. The molecule has 0 spiro atoms. The number of halogens is 3. The van der Waals surface area contributed by atoms with Crippen molar-refractivity contribution >= 4 is 11.6 Å². The lowest BCUT2D eigenvalue weighted by atomic mass is 10.2. The van der Waals surface area contributed by atoms with Crippen molar-refractivity contribution in [3.05, 3.63) is 23.8 Å². The number of nitrogens with one attached hydrogen (secondary N) is 1. The molecule has 0 atom stereocenters. The van der Waals surface area contributed by atoms with Crippen LogP contribution in [-0.4, -0.2) is 19.2 Å². The maximum Gasteiger partial charge on any atom is 0.471 e. The zero-order chi connectivity index (χ0) is 13.1. The van der Waals surface area contributed by atoms with E-state index in [4.69, 9.17) is 10.00 Å². The Kier molecular flexibility index (Phi) is 3.58. The first-order valence-electron chi connectivity index (χ1n) is 4.35. The van der Waals surface area contributed by atoms with Crippen molar-refractivity contribution in [2.75, 3.05) is 12.4 Å².